The predicted molar refractivity (Wildman–Crippen MR) is 80.9 cm³/mol. The van der Waals surface area contributed by atoms with E-state index in [0.717, 1.165) is 11.3 Å². The van der Waals surface area contributed by atoms with Gasteiger partial charge in [-0.1, -0.05) is 0 Å². The van der Waals surface area contributed by atoms with Gasteiger partial charge in [0.15, 0.2) is 5.69 Å². The van der Waals surface area contributed by atoms with E-state index in [1.807, 2.05) is 13.8 Å². The van der Waals surface area contributed by atoms with Crippen molar-refractivity contribution in [3.05, 3.63) is 40.1 Å². The van der Waals surface area contributed by atoms with Crippen LogP contribution in [0.5, 0.6) is 0 Å². The molecule has 0 aliphatic carbocycles. The Morgan fingerprint density at radius 2 is 2.16 bits per heavy atom. The summed E-state index contributed by atoms with van der Waals surface area (Å²) in [4.78, 5) is 12.4. The average Bonchev–Trinajstić information content (AvgIpc) is 3.08. The molecule has 0 unspecified atom stereocenters. The Morgan fingerprint density at radius 3 is 2.84 bits per heavy atom. The molecule has 136 valence electrons. The Balaban J connectivity index is 1.78. The summed E-state index contributed by atoms with van der Waals surface area (Å²) in [5, 5.41) is 9.30. The van der Waals surface area contributed by atoms with Gasteiger partial charge in [-0.05, 0) is 20.8 Å². The minimum atomic E-state index is -4.54. The molecule has 0 radical (unpaired) electrons. The van der Waals surface area contributed by atoms with Crippen LogP contribution in [0, 0.1) is 6.92 Å². The molecule has 0 aromatic carbocycles. The standard InChI is InChI=1S/C16H18F3N3O3/c1-7-4-10-13(9(3)25-7)21-22-14(10)15(23)20-5-11-8(2)24-6-12(11)16(17,18)19/h6-7,9H,4-5H2,1-3H3,(H,20,23)(H,21,22)/t7-,9+/m1/s1. The second-order valence-electron chi connectivity index (χ2n) is 6.12. The van der Waals surface area contributed by atoms with Crippen molar-refractivity contribution in [1.29, 1.82) is 0 Å². The molecule has 3 rings (SSSR count). The van der Waals surface area contributed by atoms with Gasteiger partial charge in [0.05, 0.1) is 23.5 Å². The highest BCUT2D eigenvalue weighted by Gasteiger charge is 2.36. The lowest BCUT2D eigenvalue weighted by Gasteiger charge is -2.25. The second kappa shape index (κ2) is 6.21. The zero-order chi connectivity index (χ0) is 18.4. The van der Waals surface area contributed by atoms with Crippen LogP contribution in [0.2, 0.25) is 0 Å². The molecule has 2 aromatic rings. The third kappa shape index (κ3) is 3.28. The first-order valence-electron chi connectivity index (χ1n) is 7.83. The topological polar surface area (TPSA) is 80.2 Å². The minimum Gasteiger partial charge on any atom is -0.469 e. The van der Waals surface area contributed by atoms with Crippen molar-refractivity contribution >= 4 is 5.91 Å². The summed E-state index contributed by atoms with van der Waals surface area (Å²) in [6.45, 7) is 4.87. The highest BCUT2D eigenvalue weighted by atomic mass is 19.4. The van der Waals surface area contributed by atoms with E-state index in [1.165, 1.54) is 6.92 Å². The van der Waals surface area contributed by atoms with Gasteiger partial charge in [0.2, 0.25) is 0 Å². The van der Waals surface area contributed by atoms with Crippen molar-refractivity contribution in [2.75, 3.05) is 0 Å². The molecule has 2 N–H and O–H groups in total. The number of amides is 1. The monoisotopic (exact) mass is 357 g/mol. The zero-order valence-corrected chi connectivity index (χ0v) is 14.0. The van der Waals surface area contributed by atoms with Gasteiger partial charge < -0.3 is 14.5 Å². The van der Waals surface area contributed by atoms with Gasteiger partial charge >= 0.3 is 6.18 Å². The second-order valence-corrected chi connectivity index (χ2v) is 6.12. The fourth-order valence-electron chi connectivity index (χ4n) is 3.05. The molecule has 1 aliphatic heterocycles. The van der Waals surface area contributed by atoms with Crippen molar-refractivity contribution in [1.82, 2.24) is 15.5 Å². The maximum absolute atomic E-state index is 13.0. The Morgan fingerprint density at radius 1 is 1.44 bits per heavy atom. The summed E-state index contributed by atoms with van der Waals surface area (Å²) in [5.74, 6) is -0.417. The highest BCUT2D eigenvalue weighted by Crippen LogP contribution is 2.34. The molecular formula is C16H18F3N3O3. The van der Waals surface area contributed by atoms with Crippen LogP contribution >= 0.6 is 0 Å². The predicted octanol–water partition coefficient (Wildman–Crippen LogP) is 3.28. The number of hydrogen-bond acceptors (Lipinski definition) is 4. The van der Waals surface area contributed by atoms with Crippen LogP contribution in [0.25, 0.3) is 0 Å². The van der Waals surface area contributed by atoms with Crippen LogP contribution in [-0.4, -0.2) is 22.2 Å². The van der Waals surface area contributed by atoms with Crippen molar-refractivity contribution in [2.45, 2.75) is 52.1 Å². The number of furan rings is 1. The number of aromatic amines is 1. The first-order chi connectivity index (χ1) is 11.7. The number of carbonyl (C=O) groups is 1. The molecule has 2 atom stereocenters. The van der Waals surface area contributed by atoms with E-state index in [1.54, 1.807) is 0 Å². The SMILES string of the molecule is Cc1occ(C(F)(F)F)c1CNC(=O)c1n[nH]c2c1C[C@@H](C)O[C@H]2C. The molecule has 0 bridgehead atoms. The normalized spacial score (nSPS) is 20.4. The lowest BCUT2D eigenvalue weighted by Crippen LogP contribution is -2.28. The van der Waals surface area contributed by atoms with Crippen LogP contribution in [0.15, 0.2) is 10.7 Å². The van der Waals surface area contributed by atoms with E-state index in [0.29, 0.717) is 12.7 Å². The number of rotatable bonds is 3. The molecule has 1 amide bonds. The highest BCUT2D eigenvalue weighted by molar-refractivity contribution is 5.94. The molecule has 3 heterocycles. The van der Waals surface area contributed by atoms with E-state index in [9.17, 15) is 18.0 Å². The summed E-state index contributed by atoms with van der Waals surface area (Å²) in [7, 11) is 0. The summed E-state index contributed by atoms with van der Waals surface area (Å²) in [5.41, 5.74) is 0.675. The maximum Gasteiger partial charge on any atom is 0.419 e. The van der Waals surface area contributed by atoms with Crippen LogP contribution < -0.4 is 5.32 Å². The van der Waals surface area contributed by atoms with E-state index < -0.39 is 17.6 Å². The molecule has 0 saturated carbocycles. The lowest BCUT2D eigenvalue weighted by molar-refractivity contribution is -0.138. The Kier molecular flexibility index (Phi) is 4.36. The zero-order valence-electron chi connectivity index (χ0n) is 14.0. The van der Waals surface area contributed by atoms with Gasteiger partial charge in [0, 0.05) is 24.1 Å². The molecule has 0 saturated heterocycles. The summed E-state index contributed by atoms with van der Waals surface area (Å²) in [6.07, 6.45) is -3.66. The van der Waals surface area contributed by atoms with Crippen molar-refractivity contribution in [2.24, 2.45) is 0 Å². The third-order valence-corrected chi connectivity index (χ3v) is 4.28. The third-order valence-electron chi connectivity index (χ3n) is 4.28. The number of hydrogen-bond donors (Lipinski definition) is 2. The first-order valence-corrected chi connectivity index (χ1v) is 7.83. The van der Waals surface area contributed by atoms with E-state index in [2.05, 4.69) is 15.5 Å². The molecule has 25 heavy (non-hydrogen) atoms. The van der Waals surface area contributed by atoms with Crippen LogP contribution in [0.4, 0.5) is 13.2 Å². The summed E-state index contributed by atoms with van der Waals surface area (Å²) < 4.78 is 49.4. The Labute approximate surface area is 141 Å². The molecule has 0 fully saturated rings. The quantitative estimate of drug-likeness (QED) is 0.883. The maximum atomic E-state index is 13.0. The van der Waals surface area contributed by atoms with Gasteiger partial charge in [-0.3, -0.25) is 9.89 Å². The van der Waals surface area contributed by atoms with E-state index in [-0.39, 0.29) is 35.8 Å². The average molecular weight is 357 g/mol. The smallest absolute Gasteiger partial charge is 0.419 e. The van der Waals surface area contributed by atoms with Crippen LogP contribution in [-0.2, 0) is 23.9 Å². The largest absolute Gasteiger partial charge is 0.469 e. The number of halogens is 3. The Hall–Kier alpha value is -2.29. The van der Waals surface area contributed by atoms with Gasteiger partial charge in [-0.15, -0.1) is 0 Å². The number of alkyl halides is 3. The van der Waals surface area contributed by atoms with Crippen LogP contribution in [0.1, 0.15) is 58.6 Å². The molecule has 0 spiro atoms. The molecule has 9 heteroatoms. The minimum absolute atomic E-state index is 0.0698. The molecule has 2 aromatic heterocycles. The molecular weight excluding hydrogens is 339 g/mol. The number of fused-ring (bicyclic) bond motifs is 1. The van der Waals surface area contributed by atoms with E-state index in [4.69, 9.17) is 9.15 Å². The number of ether oxygens (including phenoxy) is 1. The summed E-state index contributed by atoms with van der Waals surface area (Å²) in [6, 6.07) is 0. The number of nitrogens with zero attached hydrogens (tertiary/aromatic N) is 1. The van der Waals surface area contributed by atoms with Gasteiger partial charge in [-0.25, -0.2) is 0 Å². The Bertz CT molecular complexity index is 794. The molecule has 6 nitrogen and oxygen atoms in total. The number of carbonyl (C=O) groups excluding carboxylic acids is 1. The van der Waals surface area contributed by atoms with Crippen molar-refractivity contribution in [3.63, 3.8) is 0 Å². The fraction of sp³-hybridized carbons (Fsp3) is 0.500. The fourth-order valence-corrected chi connectivity index (χ4v) is 3.05. The van der Waals surface area contributed by atoms with Gasteiger partial charge in [0.25, 0.3) is 5.91 Å². The van der Waals surface area contributed by atoms with Crippen molar-refractivity contribution in [3.8, 4) is 0 Å². The first kappa shape index (κ1) is 17.5. The lowest BCUT2D eigenvalue weighted by atomic mass is 9.99. The number of H-pyrrole nitrogens is 1. The van der Waals surface area contributed by atoms with Crippen LogP contribution in [0.3, 0.4) is 0 Å². The number of aryl methyl sites for hydroxylation is 1. The van der Waals surface area contributed by atoms with Gasteiger partial charge in [0.1, 0.15) is 12.0 Å². The summed E-state index contributed by atoms with van der Waals surface area (Å²) >= 11 is 0. The molecule has 1 aliphatic rings. The van der Waals surface area contributed by atoms with E-state index >= 15 is 0 Å². The number of aromatic nitrogens is 2. The van der Waals surface area contributed by atoms with Gasteiger partial charge in [-0.2, -0.15) is 18.3 Å². The van der Waals surface area contributed by atoms with Crippen molar-refractivity contribution < 1.29 is 27.1 Å². The number of nitrogens with one attached hydrogen (secondary N) is 2.